The fraction of sp³-hybridized carbons (Fsp3) is 0.133. The second kappa shape index (κ2) is 6.83. The van der Waals surface area contributed by atoms with Crippen molar-refractivity contribution in [3.63, 3.8) is 0 Å². The molecule has 1 aromatic carbocycles. The van der Waals surface area contributed by atoms with E-state index in [0.29, 0.717) is 11.4 Å². The topological polar surface area (TPSA) is 153 Å². The van der Waals surface area contributed by atoms with Crippen LogP contribution in [0.1, 0.15) is 21.7 Å². The Labute approximate surface area is 141 Å². The number of hydrogen-bond acceptors (Lipinski definition) is 7. The highest BCUT2D eigenvalue weighted by atomic mass is 16.5. The number of anilines is 1. The minimum absolute atomic E-state index is 0.0151. The van der Waals surface area contributed by atoms with Gasteiger partial charge in [0.15, 0.2) is 12.4 Å². The number of hydrogen-bond donors (Lipinski definition) is 4. The number of carbonyl (C=O) groups excluding carboxylic acids is 2. The number of carbonyl (C=O) groups is 2. The fourth-order valence-electron chi connectivity index (χ4n) is 2.18. The zero-order chi connectivity index (χ0) is 17.8. The summed E-state index contributed by atoms with van der Waals surface area (Å²) in [7, 11) is 0. The molecule has 10 heteroatoms. The molecule has 0 saturated heterocycles. The van der Waals surface area contributed by atoms with Crippen molar-refractivity contribution in [2.45, 2.75) is 6.54 Å². The second-order valence-electron chi connectivity index (χ2n) is 5.10. The molecule has 0 fully saturated rings. The molecule has 0 aliphatic carbocycles. The van der Waals surface area contributed by atoms with Crippen LogP contribution < -0.4 is 15.4 Å². The van der Waals surface area contributed by atoms with Crippen LogP contribution in [0.25, 0.3) is 0 Å². The summed E-state index contributed by atoms with van der Waals surface area (Å²) in [6.07, 6.45) is 1.13. The molecule has 4 N–H and O–H groups in total. The zero-order valence-electron chi connectivity index (χ0n) is 12.9. The summed E-state index contributed by atoms with van der Waals surface area (Å²) in [6.45, 7) is 0.195. The van der Waals surface area contributed by atoms with E-state index in [9.17, 15) is 9.59 Å². The Balaban J connectivity index is 1.68. The Morgan fingerprint density at radius 1 is 1.32 bits per heavy atom. The predicted octanol–water partition coefficient (Wildman–Crippen LogP) is 1.09. The number of aromatic nitrogens is 2. The molecule has 2 aromatic rings. The molecule has 0 radical (unpaired) electrons. The van der Waals surface area contributed by atoms with E-state index in [1.54, 1.807) is 18.2 Å². The van der Waals surface area contributed by atoms with E-state index in [0.717, 1.165) is 11.9 Å². The first-order valence-corrected chi connectivity index (χ1v) is 7.19. The molecule has 2 heterocycles. The number of nitrogens with one attached hydrogen (secondary N) is 4. The monoisotopic (exact) mass is 339 g/mol. The summed E-state index contributed by atoms with van der Waals surface area (Å²) in [6, 6.07) is 6.50. The standard InChI is InChI=1S/C15H13N7O3/c16-14(22-17)10-4-11(20-7-19-10)15(24)18-5-8-1-2-12-9(3-8)21-13(23)6-25-12/h1-4,7,16-17H,5-6H2,(H,18,24)(H,21,23). The Hall–Kier alpha value is -3.69. The van der Waals surface area contributed by atoms with Crippen LogP contribution in [0.2, 0.25) is 0 Å². The summed E-state index contributed by atoms with van der Waals surface area (Å²) in [5.41, 5.74) is 8.28. The first-order chi connectivity index (χ1) is 12.1. The average molecular weight is 339 g/mol. The first-order valence-electron chi connectivity index (χ1n) is 7.19. The maximum atomic E-state index is 12.2. The van der Waals surface area contributed by atoms with Gasteiger partial charge < -0.3 is 15.4 Å². The van der Waals surface area contributed by atoms with Gasteiger partial charge in [-0.15, -0.1) is 5.11 Å². The van der Waals surface area contributed by atoms with Crippen molar-refractivity contribution in [2.24, 2.45) is 5.11 Å². The van der Waals surface area contributed by atoms with Crippen molar-refractivity contribution in [1.29, 1.82) is 10.9 Å². The number of amides is 2. The largest absolute Gasteiger partial charge is 0.482 e. The predicted molar refractivity (Wildman–Crippen MR) is 85.7 cm³/mol. The number of fused-ring (bicyclic) bond motifs is 1. The molecular formula is C15H13N7O3. The quantitative estimate of drug-likeness (QED) is 0.373. The van der Waals surface area contributed by atoms with Gasteiger partial charge in [0.25, 0.3) is 11.8 Å². The normalized spacial score (nSPS) is 12.4. The van der Waals surface area contributed by atoms with Crippen LogP contribution in [0.3, 0.4) is 0 Å². The van der Waals surface area contributed by atoms with Crippen molar-refractivity contribution in [2.75, 3.05) is 11.9 Å². The minimum Gasteiger partial charge on any atom is -0.482 e. The number of benzene rings is 1. The molecule has 0 bridgehead atoms. The van der Waals surface area contributed by atoms with E-state index < -0.39 is 5.91 Å². The number of ether oxygens (including phenoxy) is 1. The highest BCUT2D eigenvalue weighted by Gasteiger charge is 2.16. The lowest BCUT2D eigenvalue weighted by Crippen LogP contribution is -2.26. The van der Waals surface area contributed by atoms with Gasteiger partial charge >= 0.3 is 0 Å². The second-order valence-corrected chi connectivity index (χ2v) is 5.10. The minimum atomic E-state index is -0.459. The summed E-state index contributed by atoms with van der Waals surface area (Å²) < 4.78 is 5.27. The van der Waals surface area contributed by atoms with Crippen LogP contribution in [0.4, 0.5) is 5.69 Å². The van der Waals surface area contributed by atoms with E-state index in [-0.39, 0.29) is 36.3 Å². The molecule has 2 amide bonds. The molecule has 1 aliphatic heterocycles. The van der Waals surface area contributed by atoms with Crippen LogP contribution in [0.5, 0.6) is 5.75 Å². The summed E-state index contributed by atoms with van der Waals surface area (Å²) in [4.78, 5) is 31.2. The third-order valence-corrected chi connectivity index (χ3v) is 3.38. The molecule has 0 atom stereocenters. The van der Waals surface area contributed by atoms with Gasteiger partial charge in [-0.05, 0) is 23.8 Å². The Morgan fingerprint density at radius 2 is 2.12 bits per heavy atom. The van der Waals surface area contributed by atoms with Crippen LogP contribution in [0, 0.1) is 10.9 Å². The van der Waals surface area contributed by atoms with Crippen LogP contribution in [-0.2, 0) is 11.3 Å². The van der Waals surface area contributed by atoms with Gasteiger partial charge in [-0.3, -0.25) is 15.0 Å². The molecular weight excluding hydrogens is 326 g/mol. The lowest BCUT2D eigenvalue weighted by atomic mass is 10.1. The lowest BCUT2D eigenvalue weighted by Gasteiger charge is -2.18. The van der Waals surface area contributed by atoms with Gasteiger partial charge in [0, 0.05) is 6.54 Å². The highest BCUT2D eigenvalue weighted by molar-refractivity contribution is 5.98. The average Bonchev–Trinajstić information content (AvgIpc) is 2.65. The van der Waals surface area contributed by atoms with Crippen molar-refractivity contribution in [1.82, 2.24) is 15.3 Å². The highest BCUT2D eigenvalue weighted by Crippen LogP contribution is 2.28. The molecule has 0 saturated carbocycles. The summed E-state index contributed by atoms with van der Waals surface area (Å²) in [5.74, 6) is -0.474. The first kappa shape index (κ1) is 16.2. The van der Waals surface area contributed by atoms with Gasteiger partial charge in [0.05, 0.1) is 5.69 Å². The van der Waals surface area contributed by atoms with Gasteiger partial charge in [0.1, 0.15) is 23.5 Å². The van der Waals surface area contributed by atoms with Gasteiger partial charge in [0.2, 0.25) is 0 Å². The van der Waals surface area contributed by atoms with Gasteiger partial charge in [-0.1, -0.05) is 6.07 Å². The fourth-order valence-corrected chi connectivity index (χ4v) is 2.18. The lowest BCUT2D eigenvalue weighted by molar-refractivity contribution is -0.118. The van der Waals surface area contributed by atoms with E-state index in [4.69, 9.17) is 15.7 Å². The smallest absolute Gasteiger partial charge is 0.270 e. The SMILES string of the molecule is N=NC(=N)c1cc(C(=O)NCc2ccc3c(c2)NC(=O)CO3)ncn1. The maximum Gasteiger partial charge on any atom is 0.270 e. The molecule has 10 nitrogen and oxygen atoms in total. The molecule has 1 aliphatic rings. The van der Waals surface area contributed by atoms with E-state index in [1.807, 2.05) is 0 Å². The number of amidine groups is 1. The van der Waals surface area contributed by atoms with Gasteiger partial charge in [-0.2, -0.15) is 0 Å². The number of nitrogens with zero attached hydrogens (tertiary/aromatic N) is 3. The van der Waals surface area contributed by atoms with Crippen molar-refractivity contribution in [3.05, 3.63) is 47.5 Å². The maximum absolute atomic E-state index is 12.2. The third kappa shape index (κ3) is 3.63. The van der Waals surface area contributed by atoms with Crippen molar-refractivity contribution < 1.29 is 14.3 Å². The van der Waals surface area contributed by atoms with Gasteiger partial charge in [-0.25, -0.2) is 15.5 Å². The summed E-state index contributed by atoms with van der Waals surface area (Å²) in [5, 5.41) is 15.8. The van der Waals surface area contributed by atoms with Crippen LogP contribution in [-0.4, -0.2) is 34.2 Å². The molecule has 126 valence electrons. The van der Waals surface area contributed by atoms with E-state index in [1.165, 1.54) is 6.07 Å². The Bertz CT molecular complexity index is 881. The Morgan fingerprint density at radius 3 is 2.92 bits per heavy atom. The van der Waals surface area contributed by atoms with Crippen molar-refractivity contribution >= 4 is 23.3 Å². The molecule has 0 unspecified atom stereocenters. The molecule has 0 spiro atoms. The zero-order valence-corrected chi connectivity index (χ0v) is 12.9. The molecule has 1 aromatic heterocycles. The molecule has 3 rings (SSSR count). The third-order valence-electron chi connectivity index (χ3n) is 3.38. The van der Waals surface area contributed by atoms with Crippen molar-refractivity contribution in [3.8, 4) is 5.75 Å². The van der Waals surface area contributed by atoms with Crippen LogP contribution >= 0.6 is 0 Å². The Kier molecular flexibility index (Phi) is 4.42. The number of rotatable bonds is 4. The van der Waals surface area contributed by atoms with E-state index in [2.05, 4.69) is 25.7 Å². The van der Waals surface area contributed by atoms with Crippen LogP contribution in [0.15, 0.2) is 35.7 Å². The molecule has 25 heavy (non-hydrogen) atoms. The van der Waals surface area contributed by atoms with E-state index >= 15 is 0 Å². The summed E-state index contributed by atoms with van der Waals surface area (Å²) >= 11 is 0.